The number of hydrogen-bond acceptors (Lipinski definition) is 2. The maximum absolute atomic E-state index is 2.56. The lowest BCUT2D eigenvalue weighted by atomic mass is 9.82. The van der Waals surface area contributed by atoms with E-state index in [1.54, 1.807) is 0 Å². The Labute approximate surface area is 253 Å². The fourth-order valence-corrected chi connectivity index (χ4v) is 6.12. The van der Waals surface area contributed by atoms with Gasteiger partial charge in [0.25, 0.3) is 0 Å². The zero-order valence-electron chi connectivity index (χ0n) is 25.1. The molecule has 2 aliphatic carbocycles. The van der Waals surface area contributed by atoms with Crippen molar-refractivity contribution in [2.75, 3.05) is 26.2 Å². The summed E-state index contributed by atoms with van der Waals surface area (Å²) in [6.07, 6.45) is 20.5. The number of likely N-dealkylation sites (tertiary alicyclic amines) is 2. The van der Waals surface area contributed by atoms with E-state index in [2.05, 4.69) is 65.2 Å². The molecule has 2 aliphatic heterocycles. The molecule has 0 amide bonds. The SMILES string of the molecule is C.C.C.C.C.CC(C)C1CCCC1.CC(C)C1CCCCC1.CC(C)N1CCCC1.CC(C)N1CCCCC1. The summed E-state index contributed by atoms with van der Waals surface area (Å²) in [7, 11) is 0. The Morgan fingerprint density at radius 2 is 0.590 bits per heavy atom. The number of rotatable bonds is 4. The molecule has 0 atom stereocenters. The predicted molar refractivity (Wildman–Crippen MR) is 188 cm³/mol. The number of hydrogen-bond donors (Lipinski definition) is 0. The maximum atomic E-state index is 2.56. The smallest absolute Gasteiger partial charge is 0.00385 e. The molecule has 2 saturated carbocycles. The fourth-order valence-electron chi connectivity index (χ4n) is 6.12. The Morgan fingerprint density at radius 1 is 0.359 bits per heavy atom. The summed E-state index contributed by atoms with van der Waals surface area (Å²) in [6, 6.07) is 1.54. The molecular formula is C37H86N2. The van der Waals surface area contributed by atoms with Crippen molar-refractivity contribution in [3.63, 3.8) is 0 Å². The molecule has 244 valence electrons. The highest BCUT2D eigenvalue weighted by molar-refractivity contribution is 4.70. The Kier molecular flexibility index (Phi) is 36.7. The largest absolute Gasteiger partial charge is 0.301 e. The molecule has 2 saturated heterocycles. The molecule has 0 aromatic rings. The highest BCUT2D eigenvalue weighted by atomic mass is 15.2. The minimum absolute atomic E-state index is 0. The first-order valence-electron chi connectivity index (χ1n) is 15.7. The standard InChI is InChI=1S/C9H18.C8H17N.C8H16.C7H15N.5CH4/c2*1-8(2)9-6-4-3-5-7-9;2*1-7(2)8-5-3-4-6-8;;;;;/h8-9H,3-7H2,1-2H3;8H,3-7H2,1-2H3;7-8H,3-6H2,1-2H3;7H,3-6H2,1-2H3;5*1H4. The predicted octanol–water partition coefficient (Wildman–Crippen LogP) is 12.6. The molecule has 4 aliphatic rings. The van der Waals surface area contributed by atoms with Crippen molar-refractivity contribution in [2.24, 2.45) is 23.7 Å². The minimum Gasteiger partial charge on any atom is -0.301 e. The van der Waals surface area contributed by atoms with Gasteiger partial charge in [0, 0.05) is 12.1 Å². The topological polar surface area (TPSA) is 6.48 Å². The number of nitrogens with zero attached hydrogens (tertiary/aromatic N) is 2. The van der Waals surface area contributed by atoms with Gasteiger partial charge in [0.2, 0.25) is 0 Å². The highest BCUT2D eigenvalue weighted by Gasteiger charge is 2.17. The zero-order chi connectivity index (χ0) is 25.3. The second-order valence-corrected chi connectivity index (χ2v) is 13.0. The average Bonchev–Trinajstić information content (AvgIpc) is 3.56. The molecular weight excluding hydrogens is 472 g/mol. The molecule has 0 N–H and O–H groups in total. The van der Waals surface area contributed by atoms with E-state index in [9.17, 15) is 0 Å². The van der Waals surface area contributed by atoms with Gasteiger partial charge in [0.1, 0.15) is 0 Å². The lowest BCUT2D eigenvalue weighted by molar-refractivity contribution is 0.185. The number of piperidine rings is 1. The van der Waals surface area contributed by atoms with Gasteiger partial charge in [-0.1, -0.05) is 129 Å². The van der Waals surface area contributed by atoms with Crippen molar-refractivity contribution in [2.45, 2.75) is 194 Å². The lowest BCUT2D eigenvalue weighted by Crippen LogP contribution is -2.35. The van der Waals surface area contributed by atoms with Gasteiger partial charge >= 0.3 is 0 Å². The second kappa shape index (κ2) is 29.4. The van der Waals surface area contributed by atoms with Crippen LogP contribution in [0.2, 0.25) is 0 Å². The van der Waals surface area contributed by atoms with Crippen molar-refractivity contribution in [3.8, 4) is 0 Å². The van der Waals surface area contributed by atoms with Crippen molar-refractivity contribution >= 4 is 0 Å². The van der Waals surface area contributed by atoms with Crippen LogP contribution in [0.15, 0.2) is 0 Å². The molecule has 0 aromatic heterocycles. The molecule has 2 heteroatoms. The third-order valence-electron chi connectivity index (χ3n) is 8.93. The lowest BCUT2D eigenvalue weighted by Gasteiger charge is -2.29. The molecule has 4 rings (SSSR count). The van der Waals surface area contributed by atoms with Crippen LogP contribution in [0.1, 0.15) is 182 Å². The van der Waals surface area contributed by atoms with Crippen LogP contribution in [0.25, 0.3) is 0 Å². The molecule has 2 heterocycles. The van der Waals surface area contributed by atoms with Crippen LogP contribution in [-0.2, 0) is 0 Å². The van der Waals surface area contributed by atoms with Crippen molar-refractivity contribution in [1.82, 2.24) is 9.80 Å². The summed E-state index contributed by atoms with van der Waals surface area (Å²) < 4.78 is 0. The van der Waals surface area contributed by atoms with E-state index in [0.29, 0.717) is 0 Å². The summed E-state index contributed by atoms with van der Waals surface area (Å²) >= 11 is 0. The van der Waals surface area contributed by atoms with Crippen LogP contribution in [-0.4, -0.2) is 48.1 Å². The first-order chi connectivity index (χ1) is 16.2. The van der Waals surface area contributed by atoms with Crippen molar-refractivity contribution in [3.05, 3.63) is 0 Å². The van der Waals surface area contributed by atoms with E-state index in [0.717, 1.165) is 35.8 Å². The summed E-state index contributed by atoms with van der Waals surface area (Å²) in [5.41, 5.74) is 0. The van der Waals surface area contributed by atoms with Gasteiger partial charge in [0.15, 0.2) is 0 Å². The van der Waals surface area contributed by atoms with E-state index in [-0.39, 0.29) is 37.1 Å². The summed E-state index contributed by atoms with van der Waals surface area (Å²) in [6.45, 7) is 23.8. The summed E-state index contributed by atoms with van der Waals surface area (Å²) in [5.74, 6) is 4.00. The molecule has 0 unspecified atom stereocenters. The van der Waals surface area contributed by atoms with Gasteiger partial charge in [-0.3, -0.25) is 0 Å². The van der Waals surface area contributed by atoms with Gasteiger partial charge in [-0.15, -0.1) is 0 Å². The quantitative estimate of drug-likeness (QED) is 0.338. The molecule has 0 spiro atoms. The van der Waals surface area contributed by atoms with Crippen molar-refractivity contribution < 1.29 is 0 Å². The van der Waals surface area contributed by atoms with Crippen LogP contribution >= 0.6 is 0 Å². The molecule has 4 fully saturated rings. The Balaban J connectivity index is -0.000000126. The van der Waals surface area contributed by atoms with E-state index < -0.39 is 0 Å². The van der Waals surface area contributed by atoms with Crippen molar-refractivity contribution in [1.29, 1.82) is 0 Å². The molecule has 0 bridgehead atoms. The molecule has 0 aromatic carbocycles. The minimum atomic E-state index is 0. The maximum Gasteiger partial charge on any atom is 0.00385 e. The van der Waals surface area contributed by atoms with Crippen LogP contribution < -0.4 is 0 Å². The fraction of sp³-hybridized carbons (Fsp3) is 1.00. The van der Waals surface area contributed by atoms with E-state index >= 15 is 0 Å². The van der Waals surface area contributed by atoms with Crippen LogP contribution in [0.4, 0.5) is 0 Å². The summed E-state index contributed by atoms with van der Waals surface area (Å²) in [4.78, 5) is 5.09. The van der Waals surface area contributed by atoms with Gasteiger partial charge in [-0.2, -0.15) is 0 Å². The Bertz CT molecular complexity index is 390. The third-order valence-corrected chi connectivity index (χ3v) is 8.93. The zero-order valence-corrected chi connectivity index (χ0v) is 25.1. The van der Waals surface area contributed by atoms with Gasteiger partial charge in [-0.05, 0) is 103 Å². The average molecular weight is 559 g/mol. The third kappa shape index (κ3) is 23.2. The molecule has 2 nitrogen and oxygen atoms in total. The second-order valence-electron chi connectivity index (χ2n) is 13.0. The van der Waals surface area contributed by atoms with E-state index in [1.165, 1.54) is 116 Å². The Hall–Kier alpha value is -0.0800. The van der Waals surface area contributed by atoms with Gasteiger partial charge < -0.3 is 9.80 Å². The summed E-state index contributed by atoms with van der Waals surface area (Å²) in [5, 5.41) is 0. The van der Waals surface area contributed by atoms with Gasteiger partial charge in [0.05, 0.1) is 0 Å². The van der Waals surface area contributed by atoms with Crippen LogP contribution in [0.3, 0.4) is 0 Å². The monoisotopic (exact) mass is 559 g/mol. The van der Waals surface area contributed by atoms with E-state index in [4.69, 9.17) is 0 Å². The normalized spacial score (nSPS) is 20.0. The molecule has 0 radical (unpaired) electrons. The first kappa shape index (κ1) is 48.6. The van der Waals surface area contributed by atoms with Crippen LogP contribution in [0, 0.1) is 23.7 Å². The van der Waals surface area contributed by atoms with E-state index in [1.807, 2.05) is 0 Å². The molecule has 39 heavy (non-hydrogen) atoms. The van der Waals surface area contributed by atoms with Gasteiger partial charge in [-0.25, -0.2) is 0 Å². The first-order valence-corrected chi connectivity index (χ1v) is 15.7. The highest BCUT2D eigenvalue weighted by Crippen LogP contribution is 2.30. The van der Waals surface area contributed by atoms with Crippen LogP contribution in [0.5, 0.6) is 0 Å². The Morgan fingerprint density at radius 3 is 0.795 bits per heavy atom.